The fourth-order valence-corrected chi connectivity index (χ4v) is 16.7. The van der Waals surface area contributed by atoms with Gasteiger partial charge in [-0.25, -0.2) is 39.5 Å². The number of thiazole rings is 5. The number of esters is 2. The summed E-state index contributed by atoms with van der Waals surface area (Å²) in [4.78, 5) is 135. The fourth-order valence-electron chi connectivity index (χ4n) is 12.5. The largest absolute Gasteiger partial charge is 0.506 e. The number of fused-ring (bicyclic) bond motifs is 15. The van der Waals surface area contributed by atoms with Crippen molar-refractivity contribution < 1.29 is 92.7 Å². The summed E-state index contributed by atoms with van der Waals surface area (Å²) in [5.41, 5.74) is -2.62. The molecule has 11 atom stereocenters. The Morgan fingerprint density at radius 3 is 2.24 bits per heavy atom. The van der Waals surface area contributed by atoms with E-state index in [0.717, 1.165) is 56.7 Å². The van der Waals surface area contributed by atoms with Crippen LogP contribution >= 0.6 is 56.7 Å². The minimum Gasteiger partial charge on any atom is -0.506 e. The van der Waals surface area contributed by atoms with Gasteiger partial charge in [0.2, 0.25) is 5.91 Å². The molecular weight excluding hydrogens is 1430 g/mol. The minimum absolute atomic E-state index is 0.00628. The van der Waals surface area contributed by atoms with Gasteiger partial charge in [-0.3, -0.25) is 24.0 Å². The number of aliphatic hydroxyl groups excluding tert-OH is 3. The van der Waals surface area contributed by atoms with Crippen molar-refractivity contribution in [3.05, 3.63) is 112 Å². The van der Waals surface area contributed by atoms with E-state index in [4.69, 9.17) is 43.4 Å². The number of ether oxygens (including phenoxy) is 6. The minimum atomic E-state index is -1.92. The van der Waals surface area contributed by atoms with Gasteiger partial charge in [0.1, 0.15) is 120 Å². The fraction of sp³-hybridized carbons (Fsp3) is 0.422. The molecule has 5 amide bonds. The second-order valence-corrected chi connectivity index (χ2v) is 29.2. The van der Waals surface area contributed by atoms with Crippen molar-refractivity contribution in [1.29, 1.82) is 0 Å². The zero-order valence-electron chi connectivity index (χ0n) is 55.7. The predicted molar refractivity (Wildman–Crippen MR) is 367 cm³/mol. The lowest BCUT2D eigenvalue weighted by atomic mass is 9.85. The number of hydrogen-bond acceptors (Lipinski definition) is 32. The van der Waals surface area contributed by atoms with Crippen molar-refractivity contribution >= 4 is 115 Å². The number of aromatic hydroxyl groups is 1. The van der Waals surface area contributed by atoms with Gasteiger partial charge in [-0.05, 0) is 66.5 Å². The topological polar surface area (TPSA) is 445 Å². The molecular formula is C64H70N14O19S5. The van der Waals surface area contributed by atoms with Crippen LogP contribution in [0.25, 0.3) is 49.3 Å². The molecule has 11 heterocycles. The first kappa shape index (κ1) is 72.9. The Morgan fingerprint density at radius 2 is 1.52 bits per heavy atom. The number of cyclic esters (lactones) is 2. The summed E-state index contributed by atoms with van der Waals surface area (Å²) in [5, 5.41) is 87.9. The Hall–Kier alpha value is -8.87. The number of likely N-dealkylation sites (N-methyl/N-ethyl adjacent to an activating group) is 2. The Labute approximate surface area is 600 Å². The van der Waals surface area contributed by atoms with Gasteiger partial charge in [0.25, 0.3) is 23.6 Å². The SMILES string of the molecule is CO/C(C)=C1/NC(=O)C(C(C)O)NC(=O)c2csc(n2)-c2cc(O)c(-c3nc(C(=O)N[C@@H](CO)CN(C)CCO)cs3)nc2-c2csc(n2)C2COC(=O)c3c4c5c(cccc5n3O)COC(=O)C(OC3CC(C)(O)C(N(C)C)C(C)O3)C(OC4)C(NC(=O)c3csc1n3)c1nc(cs1)C(=O)N2. The molecule has 7 aromatic heterocycles. The van der Waals surface area contributed by atoms with E-state index >= 15 is 19.2 Å². The standard InChI is InChI=1S/C64H70N14O19S5/c1-26(81)43-56(87)74-44(27(2)92-8)59-69-38(25-100-59)55(86)75-47-49-50(97-41-15-64(4,90)51(76(5)6)28(3)96-41)63(89)94-18-29-10-9-11-39-42(29)32(19-93-49)48(78(39)91)62(88)95-20-33(66-53(84)36-24-102-61(47)71-36)58-67-34(21-99-58)45-31(57-68-37(22-98-57)54(85)73-43)14-40(82)46(72-45)60-70-35(23-101-60)52(83)65-30(17-80)16-77(7)12-13-79/h9-11,14,21-26,28,30,33,41,43,47,49-51,79-82,90-91H,12-13,15-20H2,1-8H3,(H,65,83)(H,66,84)(H,73,85)(H,74,87)(H,75,86)/b44-27+/t26?,28?,30-,33?,41?,43?,47?,49?,50?,51?,64?/m1/s1. The van der Waals surface area contributed by atoms with Crippen LogP contribution in [-0.4, -0.2) is 232 Å². The first-order valence-corrected chi connectivity index (χ1v) is 36.0. The van der Waals surface area contributed by atoms with Gasteiger partial charge >= 0.3 is 11.9 Å². The molecule has 1 fully saturated rings. The Kier molecular flexibility index (Phi) is 21.6. The van der Waals surface area contributed by atoms with Crippen LogP contribution in [-0.2, 0) is 51.2 Å². The number of pyridine rings is 1. The van der Waals surface area contributed by atoms with Gasteiger partial charge in [-0.15, -0.1) is 56.7 Å². The summed E-state index contributed by atoms with van der Waals surface area (Å²) in [6.07, 6.45) is -7.55. The van der Waals surface area contributed by atoms with Crippen molar-refractivity contribution in [1.82, 2.24) is 71.0 Å². The second kappa shape index (κ2) is 30.2. The molecule has 1 aromatic carbocycles. The molecule has 33 nitrogen and oxygen atoms in total. The molecule has 1 saturated heterocycles. The second-order valence-electron chi connectivity index (χ2n) is 24.9. The molecule has 102 heavy (non-hydrogen) atoms. The Balaban J connectivity index is 1.02. The Morgan fingerprint density at radius 1 is 0.843 bits per heavy atom. The number of allylic oxidation sites excluding steroid dienone is 1. The average molecular weight is 1500 g/mol. The van der Waals surface area contributed by atoms with Crippen LogP contribution in [0.15, 0.2) is 56.9 Å². The zero-order valence-corrected chi connectivity index (χ0v) is 59.8. The van der Waals surface area contributed by atoms with E-state index in [-0.39, 0.29) is 124 Å². The van der Waals surface area contributed by atoms with Gasteiger partial charge < -0.3 is 95.5 Å². The van der Waals surface area contributed by atoms with Crippen LogP contribution in [0.2, 0.25) is 0 Å². The first-order chi connectivity index (χ1) is 48.7. The molecule has 11 N–H and O–H groups in total. The number of hydrogen-bond donors (Lipinski definition) is 11. The number of nitrogens with one attached hydrogen (secondary N) is 5. The molecule has 540 valence electrons. The van der Waals surface area contributed by atoms with Gasteiger partial charge in [0.15, 0.2) is 18.1 Å². The number of methoxy groups -OCH3 is 1. The zero-order chi connectivity index (χ0) is 72.7. The van der Waals surface area contributed by atoms with Crippen molar-refractivity contribution in [2.24, 2.45) is 0 Å². The molecule has 4 aliphatic rings. The van der Waals surface area contributed by atoms with E-state index in [9.17, 15) is 45.1 Å². The van der Waals surface area contributed by atoms with Crippen LogP contribution in [0, 0.1) is 0 Å². The monoisotopic (exact) mass is 1500 g/mol. The van der Waals surface area contributed by atoms with Crippen molar-refractivity contribution in [2.45, 2.75) is 114 Å². The third kappa shape index (κ3) is 14.9. The van der Waals surface area contributed by atoms with E-state index in [2.05, 4.69) is 41.5 Å². The third-order valence-electron chi connectivity index (χ3n) is 17.3. The van der Waals surface area contributed by atoms with Crippen LogP contribution in [0.1, 0.15) is 125 Å². The highest BCUT2D eigenvalue weighted by Gasteiger charge is 2.50. The lowest BCUT2D eigenvalue weighted by Gasteiger charge is -2.48. The number of amides is 5. The van der Waals surface area contributed by atoms with Crippen molar-refractivity contribution in [3.63, 3.8) is 0 Å². The molecule has 0 saturated carbocycles. The smallest absolute Gasteiger partial charge is 0.358 e. The third-order valence-corrected chi connectivity index (χ3v) is 21.8. The molecule has 12 bridgehead atoms. The summed E-state index contributed by atoms with van der Waals surface area (Å²) in [7, 11) is 6.55. The van der Waals surface area contributed by atoms with E-state index < -0.39 is 146 Å². The Bertz CT molecular complexity index is 4580. The number of carbonyl (C=O) groups excluding carboxylic acids is 7. The van der Waals surface area contributed by atoms with Crippen LogP contribution < -0.4 is 26.6 Å². The number of benzene rings is 1. The van der Waals surface area contributed by atoms with Crippen molar-refractivity contribution in [2.75, 3.05) is 61.2 Å². The van der Waals surface area contributed by atoms with E-state index in [0.29, 0.717) is 10.3 Å². The van der Waals surface area contributed by atoms with Crippen LogP contribution in [0.4, 0.5) is 0 Å². The molecule has 10 unspecified atom stereocenters. The van der Waals surface area contributed by atoms with E-state index in [1.165, 1.54) is 60.0 Å². The van der Waals surface area contributed by atoms with Crippen molar-refractivity contribution in [3.8, 4) is 38.4 Å². The summed E-state index contributed by atoms with van der Waals surface area (Å²) in [6.45, 7) is 4.13. The quantitative estimate of drug-likeness (QED) is 0.0448. The molecule has 0 radical (unpaired) electrons. The molecule has 0 spiro atoms. The molecule has 8 aromatic rings. The number of aromatic nitrogens is 7. The van der Waals surface area contributed by atoms with E-state index in [1.54, 1.807) is 56.9 Å². The summed E-state index contributed by atoms with van der Waals surface area (Å²) < 4.78 is 38.3. The predicted octanol–water partition coefficient (Wildman–Crippen LogP) is 3.18. The highest BCUT2D eigenvalue weighted by atomic mass is 32.1. The summed E-state index contributed by atoms with van der Waals surface area (Å²) >= 11 is 4.56. The summed E-state index contributed by atoms with van der Waals surface area (Å²) in [5.74, 6) is -7.02. The molecule has 0 aliphatic carbocycles. The molecule has 12 rings (SSSR count). The lowest BCUT2D eigenvalue weighted by Crippen LogP contribution is -2.62. The highest BCUT2D eigenvalue weighted by Crippen LogP contribution is 2.43. The molecule has 38 heteroatoms. The van der Waals surface area contributed by atoms with Gasteiger partial charge in [0, 0.05) is 62.9 Å². The lowest BCUT2D eigenvalue weighted by molar-refractivity contribution is -0.280. The normalized spacial score (nSPS) is 24.0. The number of nitrogens with zero attached hydrogens (tertiary/aromatic N) is 9. The maximum atomic E-state index is 15.2. The average Bonchev–Trinajstić information content (AvgIpc) is 1.56. The van der Waals surface area contributed by atoms with Gasteiger partial charge in [0.05, 0.1) is 62.3 Å². The number of aliphatic hydroxyl groups is 4. The first-order valence-electron chi connectivity index (χ1n) is 31.6. The molecule has 4 aliphatic heterocycles. The maximum Gasteiger partial charge on any atom is 0.358 e. The van der Waals surface area contributed by atoms with Crippen LogP contribution in [0.5, 0.6) is 5.75 Å². The van der Waals surface area contributed by atoms with Crippen LogP contribution in [0.3, 0.4) is 0 Å². The summed E-state index contributed by atoms with van der Waals surface area (Å²) in [6, 6.07) is -0.0696. The maximum absolute atomic E-state index is 15.2. The van der Waals surface area contributed by atoms with E-state index in [1.807, 2.05) is 0 Å². The number of rotatable bonds is 13. The highest BCUT2D eigenvalue weighted by molar-refractivity contribution is 7.14. The van der Waals surface area contributed by atoms with Gasteiger partial charge in [-0.1, -0.05) is 12.1 Å². The number of carbonyl (C=O) groups is 7. The van der Waals surface area contributed by atoms with Gasteiger partial charge in [-0.2, -0.15) is 4.73 Å².